The van der Waals surface area contributed by atoms with Gasteiger partial charge in [-0.15, -0.1) is 0 Å². The molecule has 6 heteroatoms. The maximum atomic E-state index is 12.0. The molecular formula is C21H21N3O3. The molecule has 1 unspecified atom stereocenters. The highest BCUT2D eigenvalue weighted by Crippen LogP contribution is 2.29. The largest absolute Gasteiger partial charge is 0.467 e. The zero-order chi connectivity index (χ0) is 18.8. The number of anilines is 1. The molecule has 0 radical (unpaired) electrons. The van der Waals surface area contributed by atoms with Gasteiger partial charge in [0, 0.05) is 17.5 Å². The molecule has 0 bridgehead atoms. The van der Waals surface area contributed by atoms with Gasteiger partial charge in [0.05, 0.1) is 25.3 Å². The highest BCUT2D eigenvalue weighted by molar-refractivity contribution is 5.91. The minimum atomic E-state index is -0.632. The van der Waals surface area contributed by atoms with Crippen molar-refractivity contribution >= 4 is 22.7 Å². The minimum absolute atomic E-state index is 0.114. The summed E-state index contributed by atoms with van der Waals surface area (Å²) in [5, 5.41) is 0.954. The van der Waals surface area contributed by atoms with Crippen molar-refractivity contribution in [2.45, 2.75) is 19.1 Å². The lowest BCUT2D eigenvalue weighted by Gasteiger charge is -2.36. The highest BCUT2D eigenvalue weighted by atomic mass is 16.6. The number of carbonyl (C=O) groups is 1. The van der Waals surface area contributed by atoms with Gasteiger partial charge in [0.15, 0.2) is 11.9 Å². The van der Waals surface area contributed by atoms with Crippen LogP contribution in [0, 0.1) is 0 Å². The molecule has 6 nitrogen and oxygen atoms in total. The molecule has 0 N–H and O–H groups in total. The van der Waals surface area contributed by atoms with Crippen molar-refractivity contribution in [3.05, 3.63) is 54.6 Å². The van der Waals surface area contributed by atoms with E-state index in [9.17, 15) is 4.79 Å². The fraction of sp³-hybridized carbons (Fsp3) is 0.286. The van der Waals surface area contributed by atoms with Gasteiger partial charge in [-0.2, -0.15) is 0 Å². The standard InChI is InChI=1S/C21H21N3O3/c1-14-12-24(13-18(27-14)21(25)26-2)20-16-10-6-7-11-17(16)22-19(23-20)15-8-4-3-5-9-15/h3-11,14,18H,12-13H2,1-2H3/t14-,18?/m1/s1. The van der Waals surface area contributed by atoms with E-state index in [4.69, 9.17) is 19.4 Å². The summed E-state index contributed by atoms with van der Waals surface area (Å²) in [5.74, 6) is 1.11. The second kappa shape index (κ2) is 7.32. The first-order valence-corrected chi connectivity index (χ1v) is 8.96. The number of benzene rings is 2. The Morgan fingerprint density at radius 1 is 1.07 bits per heavy atom. The average Bonchev–Trinajstić information content (AvgIpc) is 2.72. The number of nitrogens with zero attached hydrogens (tertiary/aromatic N) is 3. The molecule has 0 spiro atoms. The van der Waals surface area contributed by atoms with Gasteiger partial charge in [0.1, 0.15) is 5.82 Å². The zero-order valence-corrected chi connectivity index (χ0v) is 15.3. The van der Waals surface area contributed by atoms with Crippen molar-refractivity contribution in [2.75, 3.05) is 25.1 Å². The fourth-order valence-corrected chi connectivity index (χ4v) is 3.40. The molecular weight excluding hydrogens is 342 g/mol. The van der Waals surface area contributed by atoms with Gasteiger partial charge in [-0.05, 0) is 19.1 Å². The Hall–Kier alpha value is -2.99. The molecule has 138 valence electrons. The van der Waals surface area contributed by atoms with E-state index in [0.717, 1.165) is 22.3 Å². The Bertz CT molecular complexity index is 961. The lowest BCUT2D eigenvalue weighted by atomic mass is 10.1. The van der Waals surface area contributed by atoms with Crippen LogP contribution >= 0.6 is 0 Å². The summed E-state index contributed by atoms with van der Waals surface area (Å²) in [7, 11) is 1.38. The molecule has 0 amide bonds. The number of methoxy groups -OCH3 is 1. The first-order chi connectivity index (χ1) is 13.2. The van der Waals surface area contributed by atoms with E-state index in [1.54, 1.807) is 0 Å². The molecule has 1 fully saturated rings. The van der Waals surface area contributed by atoms with E-state index in [2.05, 4.69) is 4.90 Å². The molecule has 27 heavy (non-hydrogen) atoms. The molecule has 1 aromatic heterocycles. The second-order valence-corrected chi connectivity index (χ2v) is 6.62. The molecule has 3 aromatic rings. The number of ether oxygens (including phenoxy) is 2. The van der Waals surface area contributed by atoms with E-state index in [-0.39, 0.29) is 12.1 Å². The Morgan fingerprint density at radius 3 is 2.59 bits per heavy atom. The summed E-state index contributed by atoms with van der Waals surface area (Å²) >= 11 is 0. The van der Waals surface area contributed by atoms with Gasteiger partial charge in [-0.25, -0.2) is 14.8 Å². The van der Waals surface area contributed by atoms with Crippen molar-refractivity contribution in [1.82, 2.24) is 9.97 Å². The number of aromatic nitrogens is 2. The summed E-state index contributed by atoms with van der Waals surface area (Å²) in [6.07, 6.45) is -0.746. The lowest BCUT2D eigenvalue weighted by Crippen LogP contribution is -2.50. The SMILES string of the molecule is COC(=O)C1CN(c2nc(-c3ccccc3)nc3ccccc23)C[C@@H](C)O1. The Kier molecular flexibility index (Phi) is 4.73. The third-order valence-electron chi connectivity index (χ3n) is 4.64. The van der Waals surface area contributed by atoms with Crippen LogP contribution in [0.2, 0.25) is 0 Å². The number of para-hydroxylation sites is 1. The van der Waals surface area contributed by atoms with Crippen LogP contribution < -0.4 is 4.90 Å². The molecule has 2 heterocycles. The number of esters is 1. The molecule has 4 rings (SSSR count). The van der Waals surface area contributed by atoms with Crippen LogP contribution in [0.4, 0.5) is 5.82 Å². The quantitative estimate of drug-likeness (QED) is 0.667. The smallest absolute Gasteiger partial charge is 0.336 e. The summed E-state index contributed by atoms with van der Waals surface area (Å²) in [5.41, 5.74) is 1.82. The van der Waals surface area contributed by atoms with Crippen LogP contribution in [-0.2, 0) is 14.3 Å². The lowest BCUT2D eigenvalue weighted by molar-refractivity contribution is -0.158. The minimum Gasteiger partial charge on any atom is -0.467 e. The monoisotopic (exact) mass is 363 g/mol. The summed E-state index contributed by atoms with van der Waals surface area (Å²) in [6.45, 7) is 2.98. The highest BCUT2D eigenvalue weighted by Gasteiger charge is 2.32. The predicted molar refractivity (Wildman–Crippen MR) is 104 cm³/mol. The van der Waals surface area contributed by atoms with Crippen LogP contribution in [0.25, 0.3) is 22.3 Å². The van der Waals surface area contributed by atoms with Crippen LogP contribution in [0.5, 0.6) is 0 Å². The molecule has 0 saturated carbocycles. The molecule has 1 aliphatic rings. The van der Waals surface area contributed by atoms with Gasteiger partial charge >= 0.3 is 5.97 Å². The van der Waals surface area contributed by atoms with Crippen LogP contribution in [0.1, 0.15) is 6.92 Å². The van der Waals surface area contributed by atoms with E-state index in [1.165, 1.54) is 7.11 Å². The van der Waals surface area contributed by atoms with Crippen molar-refractivity contribution in [3.8, 4) is 11.4 Å². The van der Waals surface area contributed by atoms with Crippen molar-refractivity contribution in [3.63, 3.8) is 0 Å². The fourth-order valence-electron chi connectivity index (χ4n) is 3.40. The number of hydrogen-bond donors (Lipinski definition) is 0. The van der Waals surface area contributed by atoms with Gasteiger partial charge in [-0.3, -0.25) is 0 Å². The molecule has 0 aliphatic carbocycles. The second-order valence-electron chi connectivity index (χ2n) is 6.62. The van der Waals surface area contributed by atoms with E-state index in [0.29, 0.717) is 18.9 Å². The van der Waals surface area contributed by atoms with E-state index >= 15 is 0 Å². The normalized spacial score (nSPS) is 19.9. The molecule has 2 atom stereocenters. The first-order valence-electron chi connectivity index (χ1n) is 8.96. The zero-order valence-electron chi connectivity index (χ0n) is 15.3. The first kappa shape index (κ1) is 17.4. The number of rotatable bonds is 3. The predicted octanol–water partition coefficient (Wildman–Crippen LogP) is 3.06. The molecule has 2 aromatic carbocycles. The Labute approximate surface area is 157 Å². The van der Waals surface area contributed by atoms with Crippen molar-refractivity contribution in [1.29, 1.82) is 0 Å². The summed E-state index contributed by atoms with van der Waals surface area (Å²) in [6, 6.07) is 17.8. The van der Waals surface area contributed by atoms with Crippen molar-refractivity contribution in [2.24, 2.45) is 0 Å². The number of morpholine rings is 1. The topological polar surface area (TPSA) is 64.5 Å². The molecule has 1 aliphatic heterocycles. The average molecular weight is 363 g/mol. The number of fused-ring (bicyclic) bond motifs is 1. The summed E-state index contributed by atoms with van der Waals surface area (Å²) < 4.78 is 10.6. The van der Waals surface area contributed by atoms with Gasteiger partial charge in [0.25, 0.3) is 0 Å². The third-order valence-corrected chi connectivity index (χ3v) is 4.64. The van der Waals surface area contributed by atoms with Crippen molar-refractivity contribution < 1.29 is 14.3 Å². The van der Waals surface area contributed by atoms with Crippen LogP contribution in [0.15, 0.2) is 54.6 Å². The number of hydrogen-bond acceptors (Lipinski definition) is 6. The maximum Gasteiger partial charge on any atom is 0.336 e. The summed E-state index contributed by atoms with van der Waals surface area (Å²) in [4.78, 5) is 23.7. The van der Waals surface area contributed by atoms with Gasteiger partial charge < -0.3 is 14.4 Å². The van der Waals surface area contributed by atoms with E-state index in [1.807, 2.05) is 61.5 Å². The van der Waals surface area contributed by atoms with Gasteiger partial charge in [-0.1, -0.05) is 42.5 Å². The van der Waals surface area contributed by atoms with Gasteiger partial charge in [0.2, 0.25) is 0 Å². The third kappa shape index (κ3) is 3.48. The van der Waals surface area contributed by atoms with Crippen LogP contribution in [-0.4, -0.2) is 48.3 Å². The Morgan fingerprint density at radius 2 is 1.81 bits per heavy atom. The molecule has 1 saturated heterocycles. The maximum absolute atomic E-state index is 12.0. The van der Waals surface area contributed by atoms with Crippen LogP contribution in [0.3, 0.4) is 0 Å². The Balaban J connectivity index is 1.81. The van der Waals surface area contributed by atoms with E-state index < -0.39 is 6.10 Å². The number of carbonyl (C=O) groups excluding carboxylic acids is 1.